The van der Waals surface area contributed by atoms with Crippen molar-refractivity contribution in [1.82, 2.24) is 9.80 Å². The topological polar surface area (TPSA) is 49.6 Å². The molecule has 2 fully saturated rings. The molecule has 0 bridgehead atoms. The SMILES string of the molecule is CN(CC(=O)N(C)C1CC1)C1CCC(N)CC1. The van der Waals surface area contributed by atoms with Crippen LogP contribution in [-0.4, -0.2) is 54.5 Å². The minimum Gasteiger partial charge on any atom is -0.342 e. The molecule has 0 aromatic rings. The Morgan fingerprint density at radius 2 is 1.59 bits per heavy atom. The van der Waals surface area contributed by atoms with Crippen LogP contribution in [0.3, 0.4) is 0 Å². The molecule has 0 heterocycles. The summed E-state index contributed by atoms with van der Waals surface area (Å²) in [5.41, 5.74) is 5.90. The van der Waals surface area contributed by atoms with E-state index in [0.717, 1.165) is 25.7 Å². The Labute approximate surface area is 104 Å². The van der Waals surface area contributed by atoms with Gasteiger partial charge in [-0.1, -0.05) is 0 Å². The molecule has 0 aliphatic heterocycles. The van der Waals surface area contributed by atoms with E-state index in [4.69, 9.17) is 5.73 Å². The van der Waals surface area contributed by atoms with Crippen molar-refractivity contribution in [2.24, 2.45) is 5.73 Å². The molecule has 0 saturated heterocycles. The standard InChI is InChI=1S/C13H25N3O/c1-15(11-5-3-10(14)4-6-11)9-13(17)16(2)12-7-8-12/h10-12H,3-9,14H2,1-2H3. The molecule has 2 aliphatic carbocycles. The van der Waals surface area contributed by atoms with E-state index in [1.807, 2.05) is 11.9 Å². The third-order valence-corrected chi connectivity index (χ3v) is 4.24. The molecule has 2 saturated carbocycles. The first-order valence-corrected chi connectivity index (χ1v) is 6.79. The van der Waals surface area contributed by atoms with E-state index in [-0.39, 0.29) is 5.91 Å². The Morgan fingerprint density at radius 3 is 2.12 bits per heavy atom. The van der Waals surface area contributed by atoms with Crippen LogP contribution in [0.25, 0.3) is 0 Å². The molecule has 0 atom stereocenters. The fourth-order valence-electron chi connectivity index (χ4n) is 2.66. The zero-order valence-corrected chi connectivity index (χ0v) is 11.1. The first-order valence-electron chi connectivity index (χ1n) is 6.79. The molecule has 0 spiro atoms. The lowest BCUT2D eigenvalue weighted by atomic mass is 9.91. The fraction of sp³-hybridized carbons (Fsp3) is 0.923. The average molecular weight is 239 g/mol. The summed E-state index contributed by atoms with van der Waals surface area (Å²) in [5.74, 6) is 0.268. The minimum atomic E-state index is 0.268. The van der Waals surface area contributed by atoms with Crippen LogP contribution in [0.5, 0.6) is 0 Å². The van der Waals surface area contributed by atoms with Gasteiger partial charge in [0.2, 0.25) is 5.91 Å². The maximum absolute atomic E-state index is 12.0. The van der Waals surface area contributed by atoms with Crippen LogP contribution in [0.2, 0.25) is 0 Å². The smallest absolute Gasteiger partial charge is 0.236 e. The summed E-state index contributed by atoms with van der Waals surface area (Å²) in [6.07, 6.45) is 6.84. The van der Waals surface area contributed by atoms with E-state index < -0.39 is 0 Å². The molecule has 98 valence electrons. The Kier molecular flexibility index (Phi) is 4.05. The highest BCUT2D eigenvalue weighted by Gasteiger charge is 2.31. The zero-order chi connectivity index (χ0) is 12.4. The first-order chi connectivity index (χ1) is 8.08. The molecule has 4 nitrogen and oxygen atoms in total. The summed E-state index contributed by atoms with van der Waals surface area (Å²) in [6.45, 7) is 0.562. The molecule has 1 amide bonds. The van der Waals surface area contributed by atoms with Crippen LogP contribution in [0.15, 0.2) is 0 Å². The van der Waals surface area contributed by atoms with Crippen LogP contribution < -0.4 is 5.73 Å². The molecule has 17 heavy (non-hydrogen) atoms. The van der Waals surface area contributed by atoms with E-state index in [9.17, 15) is 4.79 Å². The molecule has 0 aromatic heterocycles. The lowest BCUT2D eigenvalue weighted by Crippen LogP contribution is -2.44. The summed E-state index contributed by atoms with van der Waals surface area (Å²) in [6, 6.07) is 1.45. The Balaban J connectivity index is 1.75. The third-order valence-electron chi connectivity index (χ3n) is 4.24. The summed E-state index contributed by atoms with van der Waals surface area (Å²) >= 11 is 0. The molecule has 2 aliphatic rings. The van der Waals surface area contributed by atoms with E-state index in [1.165, 1.54) is 12.8 Å². The van der Waals surface area contributed by atoms with E-state index in [1.54, 1.807) is 0 Å². The Bertz CT molecular complexity index is 270. The van der Waals surface area contributed by atoms with Crippen LogP contribution >= 0.6 is 0 Å². The molecule has 0 aromatic carbocycles. The lowest BCUT2D eigenvalue weighted by Gasteiger charge is -2.33. The number of hydrogen-bond donors (Lipinski definition) is 1. The average Bonchev–Trinajstić information content (AvgIpc) is 3.12. The molecule has 0 radical (unpaired) electrons. The molecule has 2 N–H and O–H groups in total. The zero-order valence-electron chi connectivity index (χ0n) is 11.1. The van der Waals surface area contributed by atoms with Crippen molar-refractivity contribution in [3.8, 4) is 0 Å². The van der Waals surface area contributed by atoms with Gasteiger partial charge in [0.25, 0.3) is 0 Å². The predicted molar refractivity (Wildman–Crippen MR) is 68.7 cm³/mol. The monoisotopic (exact) mass is 239 g/mol. The van der Waals surface area contributed by atoms with Gasteiger partial charge in [-0.15, -0.1) is 0 Å². The highest BCUT2D eigenvalue weighted by atomic mass is 16.2. The Morgan fingerprint density at radius 1 is 1.06 bits per heavy atom. The van der Waals surface area contributed by atoms with Crippen LogP contribution in [0.4, 0.5) is 0 Å². The quantitative estimate of drug-likeness (QED) is 0.790. The normalized spacial score (nSPS) is 29.4. The van der Waals surface area contributed by atoms with E-state index in [2.05, 4.69) is 11.9 Å². The van der Waals surface area contributed by atoms with Gasteiger partial charge in [-0.3, -0.25) is 9.69 Å². The van der Waals surface area contributed by atoms with Gasteiger partial charge >= 0.3 is 0 Å². The number of nitrogens with zero attached hydrogens (tertiary/aromatic N) is 2. The van der Waals surface area contributed by atoms with Crippen LogP contribution in [0, 0.1) is 0 Å². The summed E-state index contributed by atoms with van der Waals surface area (Å²) in [7, 11) is 4.00. The van der Waals surface area contributed by atoms with Gasteiger partial charge in [-0.2, -0.15) is 0 Å². The highest BCUT2D eigenvalue weighted by Crippen LogP contribution is 2.26. The van der Waals surface area contributed by atoms with Crippen LogP contribution in [-0.2, 0) is 4.79 Å². The van der Waals surface area contributed by atoms with Crippen molar-refractivity contribution >= 4 is 5.91 Å². The Hall–Kier alpha value is -0.610. The summed E-state index contributed by atoms with van der Waals surface area (Å²) in [4.78, 5) is 16.1. The maximum atomic E-state index is 12.0. The van der Waals surface area contributed by atoms with Gasteiger partial charge < -0.3 is 10.6 Å². The highest BCUT2D eigenvalue weighted by molar-refractivity contribution is 5.78. The number of rotatable bonds is 4. The number of nitrogens with two attached hydrogens (primary N) is 1. The van der Waals surface area contributed by atoms with Gasteiger partial charge in [0.1, 0.15) is 0 Å². The first kappa shape index (κ1) is 12.8. The van der Waals surface area contributed by atoms with Gasteiger partial charge in [-0.05, 0) is 45.6 Å². The number of amides is 1. The van der Waals surface area contributed by atoms with Gasteiger partial charge in [0.05, 0.1) is 6.54 Å². The predicted octanol–water partition coefficient (Wildman–Crippen LogP) is 0.809. The second-order valence-corrected chi connectivity index (χ2v) is 5.72. The minimum absolute atomic E-state index is 0.268. The molecular weight excluding hydrogens is 214 g/mol. The number of carbonyl (C=O) groups excluding carboxylic acids is 1. The molecule has 4 heteroatoms. The summed E-state index contributed by atoms with van der Waals surface area (Å²) in [5, 5.41) is 0. The third kappa shape index (κ3) is 3.42. The molecule has 2 rings (SSSR count). The maximum Gasteiger partial charge on any atom is 0.236 e. The van der Waals surface area contributed by atoms with E-state index in [0.29, 0.717) is 24.7 Å². The fourth-order valence-corrected chi connectivity index (χ4v) is 2.66. The number of carbonyl (C=O) groups is 1. The molecular formula is C13H25N3O. The van der Waals surface area contributed by atoms with Crippen molar-refractivity contribution in [3.63, 3.8) is 0 Å². The number of hydrogen-bond acceptors (Lipinski definition) is 3. The van der Waals surface area contributed by atoms with Crippen molar-refractivity contribution in [2.75, 3.05) is 20.6 Å². The second kappa shape index (κ2) is 5.36. The van der Waals surface area contributed by atoms with Crippen molar-refractivity contribution in [1.29, 1.82) is 0 Å². The summed E-state index contributed by atoms with van der Waals surface area (Å²) < 4.78 is 0. The van der Waals surface area contributed by atoms with Crippen LogP contribution in [0.1, 0.15) is 38.5 Å². The number of likely N-dealkylation sites (N-methyl/N-ethyl adjacent to an activating group) is 2. The lowest BCUT2D eigenvalue weighted by molar-refractivity contribution is -0.131. The van der Waals surface area contributed by atoms with Crippen molar-refractivity contribution < 1.29 is 4.79 Å². The van der Waals surface area contributed by atoms with Gasteiger partial charge in [0, 0.05) is 25.2 Å². The molecule has 0 unspecified atom stereocenters. The largest absolute Gasteiger partial charge is 0.342 e. The second-order valence-electron chi connectivity index (χ2n) is 5.72. The van der Waals surface area contributed by atoms with Gasteiger partial charge in [-0.25, -0.2) is 0 Å². The van der Waals surface area contributed by atoms with E-state index >= 15 is 0 Å². The van der Waals surface area contributed by atoms with Crippen molar-refractivity contribution in [2.45, 2.75) is 56.7 Å². The van der Waals surface area contributed by atoms with Gasteiger partial charge in [0.15, 0.2) is 0 Å². The van der Waals surface area contributed by atoms with Crippen molar-refractivity contribution in [3.05, 3.63) is 0 Å².